The molecule has 0 aliphatic carbocycles. The van der Waals surface area contributed by atoms with Crippen molar-refractivity contribution in [1.82, 2.24) is 15.1 Å². The number of rotatable bonds is 12. The van der Waals surface area contributed by atoms with Gasteiger partial charge in [0, 0.05) is 28.3 Å². The quantitative estimate of drug-likeness (QED) is 0.139. The van der Waals surface area contributed by atoms with Gasteiger partial charge in [0.1, 0.15) is 5.75 Å². The summed E-state index contributed by atoms with van der Waals surface area (Å²) in [6, 6.07) is 23.2. The van der Waals surface area contributed by atoms with Crippen LogP contribution in [-0.2, 0) is 11.0 Å². The maximum absolute atomic E-state index is 13.8. The van der Waals surface area contributed by atoms with Gasteiger partial charge in [0.25, 0.3) is 5.91 Å². The summed E-state index contributed by atoms with van der Waals surface area (Å²) in [5.41, 5.74) is 2.42. The summed E-state index contributed by atoms with van der Waals surface area (Å²) < 4.78 is 48.7. The standard InChI is InChI=1S/C36H33ClF3N3O4/c1-3-4-5-31(22-6-8-23(9-7-22)35(46)41-17-16-34(44)45)43-32(26-11-10-25-19-28(37)14-12-24(25)18-26)21-30(42-43)29-20-27(36(38,39)40)13-15-33(29)47-2/h6-15,18-21,31H,3-5,16-17H2,1-2H3,(H,41,46)(H,44,45)/t31-/m0/s1. The molecule has 0 unspecified atom stereocenters. The van der Waals surface area contributed by atoms with Crippen LogP contribution in [0.1, 0.15) is 60.1 Å². The fraction of sp³-hybridized carbons (Fsp3) is 0.250. The number of methoxy groups -OCH3 is 1. The second kappa shape index (κ2) is 14.3. The highest BCUT2D eigenvalue weighted by molar-refractivity contribution is 6.31. The monoisotopic (exact) mass is 663 g/mol. The normalized spacial score (nSPS) is 12.2. The van der Waals surface area contributed by atoms with Crippen molar-refractivity contribution in [3.05, 3.63) is 107 Å². The Morgan fingerprint density at radius 3 is 2.38 bits per heavy atom. The summed E-state index contributed by atoms with van der Waals surface area (Å²) in [6.07, 6.45) is -2.36. The van der Waals surface area contributed by atoms with Gasteiger partial charge in [-0.25, -0.2) is 0 Å². The number of alkyl halides is 3. The van der Waals surface area contributed by atoms with Crippen molar-refractivity contribution in [3.63, 3.8) is 0 Å². The van der Waals surface area contributed by atoms with Gasteiger partial charge in [0.2, 0.25) is 0 Å². The van der Waals surface area contributed by atoms with Gasteiger partial charge in [-0.05, 0) is 77.4 Å². The SMILES string of the molecule is CCCC[C@@H](c1ccc(C(=O)NCCC(=O)O)cc1)n1nc(-c2cc(C(F)(F)F)ccc2OC)cc1-c1ccc2cc(Cl)ccc2c1. The smallest absolute Gasteiger partial charge is 0.416 e. The van der Waals surface area contributed by atoms with E-state index in [0.29, 0.717) is 28.4 Å². The number of carboxylic acid groups (broad SMARTS) is 1. The molecule has 5 rings (SSSR count). The van der Waals surface area contributed by atoms with Gasteiger partial charge in [-0.3, -0.25) is 14.3 Å². The lowest BCUT2D eigenvalue weighted by molar-refractivity contribution is -0.138. The van der Waals surface area contributed by atoms with Crippen LogP contribution >= 0.6 is 11.6 Å². The lowest BCUT2D eigenvalue weighted by atomic mass is 9.98. The minimum absolute atomic E-state index is 0.00539. The van der Waals surface area contributed by atoms with E-state index in [9.17, 15) is 22.8 Å². The molecule has 0 saturated carbocycles. The Labute approximate surface area is 274 Å². The van der Waals surface area contributed by atoms with Crippen molar-refractivity contribution >= 4 is 34.2 Å². The van der Waals surface area contributed by atoms with E-state index >= 15 is 0 Å². The Morgan fingerprint density at radius 2 is 1.70 bits per heavy atom. The van der Waals surface area contributed by atoms with E-state index in [1.54, 1.807) is 24.3 Å². The first-order valence-electron chi connectivity index (χ1n) is 15.1. The highest BCUT2D eigenvalue weighted by atomic mass is 35.5. The minimum atomic E-state index is -4.56. The van der Waals surface area contributed by atoms with Crippen LogP contribution in [0.4, 0.5) is 13.2 Å². The molecule has 1 heterocycles. The van der Waals surface area contributed by atoms with Gasteiger partial charge in [-0.1, -0.05) is 61.7 Å². The molecule has 7 nitrogen and oxygen atoms in total. The Morgan fingerprint density at radius 1 is 0.979 bits per heavy atom. The molecule has 5 aromatic rings. The van der Waals surface area contributed by atoms with Crippen molar-refractivity contribution in [2.75, 3.05) is 13.7 Å². The third-order valence-electron chi connectivity index (χ3n) is 7.94. The Balaban J connectivity index is 1.64. The zero-order chi connectivity index (χ0) is 33.7. The number of hydrogen-bond acceptors (Lipinski definition) is 4. The lowest BCUT2D eigenvalue weighted by Crippen LogP contribution is -2.26. The highest BCUT2D eigenvalue weighted by Crippen LogP contribution is 2.40. The van der Waals surface area contributed by atoms with E-state index < -0.39 is 23.6 Å². The first-order valence-corrected chi connectivity index (χ1v) is 15.5. The van der Waals surface area contributed by atoms with E-state index in [4.69, 9.17) is 26.5 Å². The molecule has 0 radical (unpaired) electrons. The molecular weight excluding hydrogens is 631 g/mol. The van der Waals surface area contributed by atoms with Crippen molar-refractivity contribution in [2.45, 2.75) is 44.8 Å². The Kier molecular flexibility index (Phi) is 10.2. The number of aromatic nitrogens is 2. The van der Waals surface area contributed by atoms with E-state index in [2.05, 4.69) is 12.2 Å². The molecule has 244 valence electrons. The van der Waals surface area contributed by atoms with Crippen LogP contribution in [0.5, 0.6) is 5.75 Å². The zero-order valence-corrected chi connectivity index (χ0v) is 26.5. The first-order chi connectivity index (χ1) is 22.5. The molecule has 47 heavy (non-hydrogen) atoms. The zero-order valence-electron chi connectivity index (χ0n) is 25.8. The van der Waals surface area contributed by atoms with Crippen molar-refractivity contribution in [3.8, 4) is 28.3 Å². The summed E-state index contributed by atoms with van der Waals surface area (Å²) in [4.78, 5) is 23.4. The fourth-order valence-electron chi connectivity index (χ4n) is 5.51. The number of carbonyl (C=O) groups excluding carboxylic acids is 1. The molecule has 0 aliphatic heterocycles. The predicted molar refractivity (Wildman–Crippen MR) is 176 cm³/mol. The number of fused-ring (bicyclic) bond motifs is 1. The number of aliphatic carboxylic acids is 1. The van der Waals surface area contributed by atoms with E-state index in [0.717, 1.165) is 46.9 Å². The molecule has 1 aromatic heterocycles. The summed E-state index contributed by atoms with van der Waals surface area (Å²) in [6.45, 7) is 2.07. The van der Waals surface area contributed by atoms with Crippen LogP contribution in [0, 0.1) is 0 Å². The minimum Gasteiger partial charge on any atom is -0.496 e. The number of unbranched alkanes of at least 4 members (excludes halogenated alkanes) is 1. The number of ether oxygens (including phenoxy) is 1. The van der Waals surface area contributed by atoms with Crippen LogP contribution in [0.2, 0.25) is 5.02 Å². The van der Waals surface area contributed by atoms with Gasteiger partial charge in [0.05, 0.1) is 36.5 Å². The fourth-order valence-corrected chi connectivity index (χ4v) is 5.69. The highest BCUT2D eigenvalue weighted by Gasteiger charge is 2.32. The molecule has 1 atom stereocenters. The maximum atomic E-state index is 13.8. The predicted octanol–water partition coefficient (Wildman–Crippen LogP) is 9.04. The lowest BCUT2D eigenvalue weighted by Gasteiger charge is -2.21. The van der Waals surface area contributed by atoms with E-state index in [1.807, 2.05) is 47.1 Å². The molecule has 1 amide bonds. The molecule has 0 aliphatic rings. The summed E-state index contributed by atoms with van der Waals surface area (Å²) >= 11 is 6.22. The Hall–Kier alpha value is -4.83. The number of amides is 1. The van der Waals surface area contributed by atoms with Gasteiger partial charge in [-0.15, -0.1) is 0 Å². The number of hydrogen-bond donors (Lipinski definition) is 2. The van der Waals surface area contributed by atoms with Gasteiger partial charge in [0.15, 0.2) is 0 Å². The van der Waals surface area contributed by atoms with E-state index in [-0.39, 0.29) is 30.3 Å². The average Bonchev–Trinajstić information content (AvgIpc) is 3.49. The van der Waals surface area contributed by atoms with Crippen LogP contribution in [0.25, 0.3) is 33.3 Å². The summed E-state index contributed by atoms with van der Waals surface area (Å²) in [7, 11) is 1.40. The topological polar surface area (TPSA) is 93.5 Å². The largest absolute Gasteiger partial charge is 0.496 e. The van der Waals surface area contributed by atoms with Gasteiger partial charge in [-0.2, -0.15) is 18.3 Å². The Bertz CT molecular complexity index is 1900. The number of benzene rings is 4. The van der Waals surface area contributed by atoms with Crippen LogP contribution in [0.15, 0.2) is 84.9 Å². The number of nitrogens with zero attached hydrogens (tertiary/aromatic N) is 2. The summed E-state index contributed by atoms with van der Waals surface area (Å²) in [5, 5.41) is 18.9. The second-order valence-corrected chi connectivity index (χ2v) is 11.6. The molecule has 0 fully saturated rings. The molecule has 0 spiro atoms. The number of carbonyl (C=O) groups is 2. The molecule has 4 aromatic carbocycles. The third-order valence-corrected chi connectivity index (χ3v) is 8.18. The van der Waals surface area contributed by atoms with Gasteiger partial charge >= 0.3 is 12.1 Å². The molecular formula is C36H33ClF3N3O4. The van der Waals surface area contributed by atoms with Crippen molar-refractivity contribution in [2.24, 2.45) is 0 Å². The van der Waals surface area contributed by atoms with Crippen LogP contribution in [0.3, 0.4) is 0 Å². The molecule has 0 saturated heterocycles. The van der Waals surface area contributed by atoms with Crippen molar-refractivity contribution < 1.29 is 32.6 Å². The number of carboxylic acids is 1. The van der Waals surface area contributed by atoms with Crippen LogP contribution in [-0.4, -0.2) is 40.4 Å². The van der Waals surface area contributed by atoms with Gasteiger partial charge < -0.3 is 15.2 Å². The van der Waals surface area contributed by atoms with Crippen molar-refractivity contribution in [1.29, 1.82) is 0 Å². The molecule has 0 bridgehead atoms. The van der Waals surface area contributed by atoms with Crippen LogP contribution < -0.4 is 10.1 Å². The average molecular weight is 664 g/mol. The third kappa shape index (κ3) is 7.77. The molecule has 11 heteroatoms. The molecule has 2 N–H and O–H groups in total. The summed E-state index contributed by atoms with van der Waals surface area (Å²) in [5.74, 6) is -1.14. The first kappa shape index (κ1) is 33.5. The van der Waals surface area contributed by atoms with E-state index in [1.165, 1.54) is 13.2 Å². The second-order valence-electron chi connectivity index (χ2n) is 11.2. The number of nitrogens with one attached hydrogen (secondary N) is 1. The number of halogens is 4. The maximum Gasteiger partial charge on any atom is 0.416 e.